The molecule has 0 radical (unpaired) electrons. The molecule has 0 saturated carbocycles. The number of aromatic nitrogens is 2. The van der Waals surface area contributed by atoms with E-state index in [1.54, 1.807) is 6.92 Å². The predicted octanol–water partition coefficient (Wildman–Crippen LogP) is -0.374. The van der Waals surface area contributed by atoms with Crippen molar-refractivity contribution in [3.8, 4) is 0 Å². The van der Waals surface area contributed by atoms with Gasteiger partial charge in [0.25, 0.3) is 0 Å². The lowest BCUT2D eigenvalue weighted by molar-refractivity contribution is -0.0540. The van der Waals surface area contributed by atoms with Gasteiger partial charge in [0, 0.05) is 13.3 Å². The summed E-state index contributed by atoms with van der Waals surface area (Å²) < 4.78 is 28.0. The van der Waals surface area contributed by atoms with Crippen molar-refractivity contribution in [2.75, 3.05) is 12.8 Å². The van der Waals surface area contributed by atoms with E-state index in [-0.39, 0.29) is 5.82 Å². The van der Waals surface area contributed by atoms with Crippen molar-refractivity contribution < 1.29 is 28.3 Å². The highest BCUT2D eigenvalue weighted by Crippen LogP contribution is 2.44. The first kappa shape index (κ1) is 17.1. The number of rotatable bonds is 5. The van der Waals surface area contributed by atoms with E-state index in [4.69, 9.17) is 29.5 Å². The number of nitrogens with zero attached hydrogens (tertiary/aromatic N) is 2. The molecule has 1 aliphatic rings. The molecule has 1 aromatic rings. The number of nitrogen functional groups attached to an aromatic ring is 1. The molecule has 4 N–H and O–H groups in total. The Balaban J connectivity index is 2.36. The number of ether oxygens (including phenoxy) is 2. The Hall–Kier alpha value is -1.29. The Kier molecular flexibility index (Phi) is 5.00. The Morgan fingerprint density at radius 3 is 2.68 bits per heavy atom. The zero-order valence-electron chi connectivity index (χ0n) is 12.0. The standard InChI is InChI=1S/C11H18N3O7P/c1-3-6-8(21-22(16,17)18)9(19-2)10(20-6)14-5-4-7(12)13-11(14)15/h4-6,8-10H,3H2,1-2H3,(H2,12,13,15)(H2,16,17,18)/t6-,8?,9?,10?/m1/s1. The van der Waals surface area contributed by atoms with Crippen LogP contribution in [0.1, 0.15) is 19.6 Å². The Labute approximate surface area is 126 Å². The van der Waals surface area contributed by atoms with E-state index in [2.05, 4.69) is 4.98 Å². The monoisotopic (exact) mass is 335 g/mol. The fourth-order valence-electron chi connectivity index (χ4n) is 2.42. The quantitative estimate of drug-likeness (QED) is 0.613. The number of anilines is 1. The SMILES string of the molecule is CC[C@H]1OC(n2ccc(N)nc2=O)C(OC)C1OP(=O)(O)O. The Morgan fingerprint density at radius 2 is 2.18 bits per heavy atom. The number of phosphoric acid groups is 1. The minimum absolute atomic E-state index is 0.0586. The van der Waals surface area contributed by atoms with Gasteiger partial charge in [-0.3, -0.25) is 9.09 Å². The summed E-state index contributed by atoms with van der Waals surface area (Å²) in [5.41, 5.74) is 4.78. The van der Waals surface area contributed by atoms with Gasteiger partial charge in [0.1, 0.15) is 18.0 Å². The molecule has 0 aromatic carbocycles. The van der Waals surface area contributed by atoms with Crippen LogP contribution in [0, 0.1) is 0 Å². The van der Waals surface area contributed by atoms with Crippen molar-refractivity contribution in [1.82, 2.24) is 9.55 Å². The summed E-state index contributed by atoms with van der Waals surface area (Å²) >= 11 is 0. The number of hydrogen-bond donors (Lipinski definition) is 3. The van der Waals surface area contributed by atoms with Crippen LogP contribution in [0.5, 0.6) is 0 Å². The third kappa shape index (κ3) is 3.54. The largest absolute Gasteiger partial charge is 0.470 e. The van der Waals surface area contributed by atoms with E-state index in [0.717, 1.165) is 4.57 Å². The van der Waals surface area contributed by atoms with E-state index < -0.39 is 38.1 Å². The predicted molar refractivity (Wildman–Crippen MR) is 74.8 cm³/mol. The Morgan fingerprint density at radius 1 is 1.50 bits per heavy atom. The third-order valence-electron chi connectivity index (χ3n) is 3.34. The van der Waals surface area contributed by atoms with Gasteiger partial charge in [-0.15, -0.1) is 0 Å². The van der Waals surface area contributed by atoms with Crippen LogP contribution in [0.25, 0.3) is 0 Å². The average Bonchev–Trinajstić information content (AvgIpc) is 2.74. The fourth-order valence-corrected chi connectivity index (χ4v) is 2.99. The van der Waals surface area contributed by atoms with Crippen molar-refractivity contribution in [2.45, 2.75) is 37.9 Å². The molecule has 1 fully saturated rings. The summed E-state index contributed by atoms with van der Waals surface area (Å²) in [4.78, 5) is 33.6. The molecule has 0 bridgehead atoms. The van der Waals surface area contributed by atoms with E-state index in [1.807, 2.05) is 0 Å². The molecule has 3 unspecified atom stereocenters. The maximum absolute atomic E-state index is 11.9. The summed E-state index contributed by atoms with van der Waals surface area (Å²) in [7, 11) is -3.40. The van der Waals surface area contributed by atoms with Gasteiger partial charge >= 0.3 is 13.5 Å². The summed E-state index contributed by atoms with van der Waals surface area (Å²) in [5, 5.41) is 0. The van der Waals surface area contributed by atoms with Crippen molar-refractivity contribution in [3.63, 3.8) is 0 Å². The molecule has 22 heavy (non-hydrogen) atoms. The highest BCUT2D eigenvalue weighted by atomic mass is 31.2. The van der Waals surface area contributed by atoms with Gasteiger partial charge in [0.15, 0.2) is 6.23 Å². The molecule has 0 amide bonds. The van der Waals surface area contributed by atoms with Gasteiger partial charge in [0.2, 0.25) is 0 Å². The van der Waals surface area contributed by atoms with Crippen LogP contribution in [-0.2, 0) is 18.6 Å². The summed E-state index contributed by atoms with van der Waals surface area (Å²) in [5.74, 6) is 0.0586. The molecule has 11 heteroatoms. The number of methoxy groups -OCH3 is 1. The first-order valence-corrected chi connectivity index (χ1v) is 8.06. The second-order valence-corrected chi connectivity index (χ2v) is 5.97. The van der Waals surface area contributed by atoms with Gasteiger partial charge < -0.3 is 25.0 Å². The van der Waals surface area contributed by atoms with E-state index >= 15 is 0 Å². The molecule has 124 valence electrons. The van der Waals surface area contributed by atoms with Gasteiger partial charge in [-0.05, 0) is 12.5 Å². The van der Waals surface area contributed by atoms with Crippen LogP contribution in [0.15, 0.2) is 17.1 Å². The minimum Gasteiger partial charge on any atom is -0.383 e. The molecule has 10 nitrogen and oxygen atoms in total. The smallest absolute Gasteiger partial charge is 0.383 e. The molecular formula is C11H18N3O7P. The molecule has 0 aliphatic carbocycles. The number of phosphoric ester groups is 1. The van der Waals surface area contributed by atoms with E-state index in [0.29, 0.717) is 6.42 Å². The second kappa shape index (κ2) is 6.45. The third-order valence-corrected chi connectivity index (χ3v) is 3.86. The minimum atomic E-state index is -4.74. The lowest BCUT2D eigenvalue weighted by Crippen LogP contribution is -2.38. The number of hydrogen-bond acceptors (Lipinski definition) is 7. The van der Waals surface area contributed by atoms with E-state index in [9.17, 15) is 9.36 Å². The molecule has 0 spiro atoms. The van der Waals surface area contributed by atoms with Crippen molar-refractivity contribution in [2.24, 2.45) is 0 Å². The zero-order chi connectivity index (χ0) is 16.5. The highest BCUT2D eigenvalue weighted by Gasteiger charge is 2.48. The lowest BCUT2D eigenvalue weighted by Gasteiger charge is -2.23. The Bertz CT molecular complexity index is 630. The molecular weight excluding hydrogens is 317 g/mol. The molecule has 1 aliphatic heterocycles. The van der Waals surface area contributed by atoms with Crippen LogP contribution >= 0.6 is 7.82 Å². The maximum Gasteiger partial charge on any atom is 0.470 e. The van der Waals surface area contributed by atoms with Crippen molar-refractivity contribution >= 4 is 13.6 Å². The summed E-state index contributed by atoms with van der Waals surface area (Å²) in [6.07, 6.45) is -1.68. The molecule has 2 heterocycles. The first-order chi connectivity index (χ1) is 10.3. The zero-order valence-corrected chi connectivity index (χ0v) is 12.9. The normalized spacial score (nSPS) is 28.9. The number of nitrogens with two attached hydrogens (primary N) is 1. The topological polar surface area (TPSA) is 146 Å². The van der Waals surface area contributed by atoms with E-state index in [1.165, 1.54) is 19.4 Å². The van der Waals surface area contributed by atoms with Crippen molar-refractivity contribution in [1.29, 1.82) is 0 Å². The van der Waals surface area contributed by atoms with Crippen LogP contribution in [0.2, 0.25) is 0 Å². The second-order valence-electron chi connectivity index (χ2n) is 4.78. The van der Waals surface area contributed by atoms with Gasteiger partial charge in [-0.1, -0.05) is 6.92 Å². The first-order valence-electron chi connectivity index (χ1n) is 6.53. The van der Waals surface area contributed by atoms with Crippen LogP contribution < -0.4 is 11.4 Å². The summed E-state index contributed by atoms with van der Waals surface area (Å²) in [6.45, 7) is 1.76. The maximum atomic E-state index is 11.9. The van der Waals surface area contributed by atoms with Crippen molar-refractivity contribution in [3.05, 3.63) is 22.7 Å². The van der Waals surface area contributed by atoms with Gasteiger partial charge in [-0.2, -0.15) is 4.98 Å². The lowest BCUT2D eigenvalue weighted by atomic mass is 10.1. The molecule has 1 saturated heterocycles. The fraction of sp³-hybridized carbons (Fsp3) is 0.636. The van der Waals surface area contributed by atoms with Crippen LogP contribution in [-0.4, -0.2) is 44.8 Å². The summed E-state index contributed by atoms with van der Waals surface area (Å²) in [6, 6.07) is 1.41. The molecule has 2 rings (SSSR count). The van der Waals surface area contributed by atoms with Gasteiger partial charge in [-0.25, -0.2) is 9.36 Å². The molecule has 1 aromatic heterocycles. The van der Waals surface area contributed by atoms with Crippen LogP contribution in [0.3, 0.4) is 0 Å². The molecule has 4 atom stereocenters. The van der Waals surface area contributed by atoms with Crippen LogP contribution in [0.4, 0.5) is 5.82 Å². The highest BCUT2D eigenvalue weighted by molar-refractivity contribution is 7.46. The van der Waals surface area contributed by atoms with Gasteiger partial charge in [0.05, 0.1) is 6.10 Å². The average molecular weight is 335 g/mol.